The minimum atomic E-state index is -1.19. The summed E-state index contributed by atoms with van der Waals surface area (Å²) in [6.07, 6.45) is -1.19. The number of ketones is 1. The van der Waals surface area contributed by atoms with Gasteiger partial charge in [0.05, 0.1) is 7.11 Å². The number of aliphatic hydroxyl groups excluding tert-OH is 1. The molecule has 1 atom stereocenters. The number of hydrogen-bond donors (Lipinski definition) is 1. The Balaban J connectivity index is 2.20. The molecule has 0 amide bonds. The number of hydrogen-bond acceptors (Lipinski definition) is 3. The summed E-state index contributed by atoms with van der Waals surface area (Å²) in [5.74, 6) is 0.308. The number of halogens is 1. The minimum absolute atomic E-state index is 0.357. The zero-order valence-electron chi connectivity index (χ0n) is 10.3. The van der Waals surface area contributed by atoms with E-state index < -0.39 is 6.10 Å². The first-order valence-corrected chi connectivity index (χ1v) is 6.11. The topological polar surface area (TPSA) is 46.5 Å². The number of aliphatic hydroxyl groups is 1. The molecule has 0 aliphatic rings. The number of methoxy groups -OCH3 is 1. The fourth-order valence-electron chi connectivity index (χ4n) is 1.71. The molecule has 4 heteroatoms. The van der Waals surface area contributed by atoms with Crippen molar-refractivity contribution in [2.45, 2.75) is 6.10 Å². The highest BCUT2D eigenvalue weighted by Gasteiger charge is 2.19. The van der Waals surface area contributed by atoms with Gasteiger partial charge in [0.25, 0.3) is 0 Å². The van der Waals surface area contributed by atoms with E-state index in [0.29, 0.717) is 21.9 Å². The highest BCUT2D eigenvalue weighted by atomic mass is 35.5. The van der Waals surface area contributed by atoms with E-state index in [1.54, 1.807) is 55.6 Å². The summed E-state index contributed by atoms with van der Waals surface area (Å²) < 4.78 is 5.02. The van der Waals surface area contributed by atoms with Crippen LogP contribution in [0.1, 0.15) is 22.0 Å². The second-order valence-corrected chi connectivity index (χ2v) is 4.48. The van der Waals surface area contributed by atoms with Crippen molar-refractivity contribution in [1.82, 2.24) is 0 Å². The second kappa shape index (κ2) is 5.87. The fourth-order valence-corrected chi connectivity index (χ4v) is 1.84. The lowest BCUT2D eigenvalue weighted by Gasteiger charge is -2.10. The van der Waals surface area contributed by atoms with Crippen LogP contribution < -0.4 is 4.74 Å². The second-order valence-electron chi connectivity index (χ2n) is 4.05. The Kier molecular flexibility index (Phi) is 4.20. The van der Waals surface area contributed by atoms with E-state index in [1.165, 1.54) is 0 Å². The smallest absolute Gasteiger partial charge is 0.195 e. The van der Waals surface area contributed by atoms with E-state index >= 15 is 0 Å². The quantitative estimate of drug-likeness (QED) is 0.872. The molecule has 0 heterocycles. The maximum absolute atomic E-state index is 12.1. The summed E-state index contributed by atoms with van der Waals surface area (Å²) in [5, 5.41) is 10.6. The van der Waals surface area contributed by atoms with Crippen molar-refractivity contribution >= 4 is 17.4 Å². The van der Waals surface area contributed by atoms with Gasteiger partial charge in [-0.05, 0) is 42.0 Å². The van der Waals surface area contributed by atoms with Crippen molar-refractivity contribution in [3.63, 3.8) is 0 Å². The van der Waals surface area contributed by atoms with Crippen LogP contribution in [0.4, 0.5) is 0 Å². The lowest BCUT2D eigenvalue weighted by molar-refractivity contribution is 0.0747. The number of benzene rings is 2. The van der Waals surface area contributed by atoms with Crippen LogP contribution in [0, 0.1) is 0 Å². The highest BCUT2D eigenvalue weighted by Crippen LogP contribution is 2.21. The first-order valence-electron chi connectivity index (χ1n) is 5.73. The predicted molar refractivity (Wildman–Crippen MR) is 73.7 cm³/mol. The fraction of sp³-hybridized carbons (Fsp3) is 0.133. The molecule has 2 aromatic carbocycles. The van der Waals surface area contributed by atoms with Crippen molar-refractivity contribution in [3.05, 3.63) is 64.7 Å². The third-order valence-corrected chi connectivity index (χ3v) is 3.06. The summed E-state index contributed by atoms with van der Waals surface area (Å²) in [5.41, 5.74) is 0.952. The third-order valence-electron chi connectivity index (χ3n) is 2.81. The lowest BCUT2D eigenvalue weighted by atomic mass is 10.00. The zero-order chi connectivity index (χ0) is 13.8. The predicted octanol–water partition coefficient (Wildman–Crippen LogP) is 3.26. The van der Waals surface area contributed by atoms with Crippen LogP contribution in [-0.2, 0) is 0 Å². The van der Waals surface area contributed by atoms with Crippen molar-refractivity contribution in [1.29, 1.82) is 0 Å². The molecule has 0 radical (unpaired) electrons. The third kappa shape index (κ3) is 3.13. The van der Waals surface area contributed by atoms with Gasteiger partial charge >= 0.3 is 0 Å². The van der Waals surface area contributed by atoms with Gasteiger partial charge in [-0.3, -0.25) is 4.79 Å². The number of carbonyl (C=O) groups is 1. The van der Waals surface area contributed by atoms with Crippen LogP contribution in [0.25, 0.3) is 0 Å². The molecule has 2 aromatic rings. The number of ether oxygens (including phenoxy) is 1. The van der Waals surface area contributed by atoms with E-state index in [0.717, 1.165) is 0 Å². The van der Waals surface area contributed by atoms with Gasteiger partial charge in [-0.25, -0.2) is 0 Å². The van der Waals surface area contributed by atoms with Gasteiger partial charge in [0.1, 0.15) is 11.9 Å². The van der Waals surface area contributed by atoms with Gasteiger partial charge in [0.15, 0.2) is 5.78 Å². The van der Waals surface area contributed by atoms with Crippen molar-refractivity contribution in [2.24, 2.45) is 0 Å². The molecule has 0 fully saturated rings. The van der Waals surface area contributed by atoms with Crippen molar-refractivity contribution in [2.75, 3.05) is 7.11 Å². The molecule has 0 saturated carbocycles. The molecule has 0 unspecified atom stereocenters. The summed E-state index contributed by atoms with van der Waals surface area (Å²) in [4.78, 5) is 12.1. The molecule has 1 N–H and O–H groups in total. The molecule has 2 rings (SSSR count). The molecule has 3 nitrogen and oxygen atoms in total. The van der Waals surface area contributed by atoms with E-state index in [9.17, 15) is 9.90 Å². The minimum Gasteiger partial charge on any atom is -0.497 e. The number of carbonyl (C=O) groups excluding carboxylic acids is 1. The first kappa shape index (κ1) is 13.6. The van der Waals surface area contributed by atoms with Crippen LogP contribution in [0.15, 0.2) is 48.5 Å². The van der Waals surface area contributed by atoms with Gasteiger partial charge in [0.2, 0.25) is 0 Å². The standard InChI is InChI=1S/C15H13ClO3/c1-19-13-8-4-11(5-9-13)15(18)14(17)10-2-6-12(16)7-3-10/h2-9,14,17H,1H3/t14-/m0/s1. The normalized spacial score (nSPS) is 11.9. The number of Topliss-reactive ketones (excluding diaryl/α,β-unsaturated/α-hetero) is 1. The maximum atomic E-state index is 12.1. The molecule has 0 saturated heterocycles. The Morgan fingerprint density at radius 1 is 1.11 bits per heavy atom. The lowest BCUT2D eigenvalue weighted by Crippen LogP contribution is -2.12. The molecule has 0 aliphatic heterocycles. The van der Waals surface area contributed by atoms with Crippen molar-refractivity contribution in [3.8, 4) is 5.75 Å². The molecule has 0 aliphatic carbocycles. The summed E-state index contributed by atoms with van der Waals surface area (Å²) in [6.45, 7) is 0. The van der Waals surface area contributed by atoms with Crippen LogP contribution in [-0.4, -0.2) is 18.0 Å². The van der Waals surface area contributed by atoms with Gasteiger partial charge in [-0.2, -0.15) is 0 Å². The van der Waals surface area contributed by atoms with E-state index in [-0.39, 0.29) is 5.78 Å². The molecule has 98 valence electrons. The Morgan fingerprint density at radius 3 is 2.21 bits per heavy atom. The average Bonchev–Trinajstić information content (AvgIpc) is 2.46. The number of rotatable bonds is 4. The summed E-state index contributed by atoms with van der Waals surface area (Å²) >= 11 is 5.77. The first-order chi connectivity index (χ1) is 9.11. The SMILES string of the molecule is COc1ccc(C(=O)[C@@H](O)c2ccc(Cl)cc2)cc1. The van der Waals surface area contributed by atoms with Crippen LogP contribution in [0.5, 0.6) is 5.75 Å². The van der Waals surface area contributed by atoms with Gasteiger partial charge < -0.3 is 9.84 Å². The van der Waals surface area contributed by atoms with Crippen molar-refractivity contribution < 1.29 is 14.6 Å². The Labute approximate surface area is 116 Å². The average molecular weight is 277 g/mol. The van der Waals surface area contributed by atoms with E-state index in [2.05, 4.69) is 0 Å². The van der Waals surface area contributed by atoms with E-state index in [1.807, 2.05) is 0 Å². The Hall–Kier alpha value is -1.84. The molecule has 0 spiro atoms. The highest BCUT2D eigenvalue weighted by molar-refractivity contribution is 6.30. The van der Waals surface area contributed by atoms with Crippen LogP contribution in [0.3, 0.4) is 0 Å². The molecular weight excluding hydrogens is 264 g/mol. The van der Waals surface area contributed by atoms with E-state index in [4.69, 9.17) is 16.3 Å². The molecule has 19 heavy (non-hydrogen) atoms. The monoisotopic (exact) mass is 276 g/mol. The Morgan fingerprint density at radius 2 is 1.68 bits per heavy atom. The van der Waals surface area contributed by atoms with Gasteiger partial charge in [0, 0.05) is 10.6 Å². The van der Waals surface area contributed by atoms with Crippen LogP contribution >= 0.6 is 11.6 Å². The largest absolute Gasteiger partial charge is 0.497 e. The molecule has 0 aromatic heterocycles. The van der Waals surface area contributed by atoms with Gasteiger partial charge in [-0.15, -0.1) is 0 Å². The summed E-state index contributed by atoms with van der Waals surface area (Å²) in [6, 6.07) is 13.2. The summed E-state index contributed by atoms with van der Waals surface area (Å²) in [7, 11) is 1.55. The maximum Gasteiger partial charge on any atom is 0.195 e. The van der Waals surface area contributed by atoms with Crippen LogP contribution in [0.2, 0.25) is 5.02 Å². The molecule has 0 bridgehead atoms. The van der Waals surface area contributed by atoms with Gasteiger partial charge in [-0.1, -0.05) is 23.7 Å². The molecular formula is C15H13ClO3. The Bertz CT molecular complexity index is 561. The zero-order valence-corrected chi connectivity index (χ0v) is 11.1.